The summed E-state index contributed by atoms with van der Waals surface area (Å²) >= 11 is 0. The van der Waals surface area contributed by atoms with E-state index in [4.69, 9.17) is 4.98 Å². The van der Waals surface area contributed by atoms with Gasteiger partial charge in [0.25, 0.3) is 0 Å². The van der Waals surface area contributed by atoms with Crippen LogP contribution < -0.4 is 0 Å². The number of imidazole rings is 1. The number of nitrogens with zero attached hydrogens (tertiary/aromatic N) is 4. The van der Waals surface area contributed by atoms with Crippen LogP contribution in [0.2, 0.25) is 0 Å². The third-order valence-electron chi connectivity index (χ3n) is 12.5. The first kappa shape index (κ1) is 35.3. The number of para-hydroxylation sites is 6. The maximum absolute atomic E-state index is 5.25. The fraction of sp³-hybridized carbons (Fsp3) is 0.145. The smallest absolute Gasteiger partial charge is 0.141 e. The van der Waals surface area contributed by atoms with Crippen LogP contribution in [0.25, 0.3) is 88.4 Å². The summed E-state index contributed by atoms with van der Waals surface area (Å²) in [5.74, 6) is 1.03. The van der Waals surface area contributed by atoms with E-state index in [1.165, 1.54) is 109 Å². The molecular weight excluding hydrogens is 717 g/mol. The van der Waals surface area contributed by atoms with E-state index in [1.54, 1.807) is 0 Å². The summed E-state index contributed by atoms with van der Waals surface area (Å²) in [7, 11) is 0. The van der Waals surface area contributed by atoms with Crippen molar-refractivity contribution in [2.75, 3.05) is 0 Å². The van der Waals surface area contributed by atoms with Gasteiger partial charge in [-0.05, 0) is 109 Å². The van der Waals surface area contributed by atoms with Crippen LogP contribution in [0.5, 0.6) is 0 Å². The molecule has 3 heterocycles. The monoisotopic (exact) mass is 762 g/mol. The summed E-state index contributed by atoms with van der Waals surface area (Å²) in [6.45, 7) is 2.27. The van der Waals surface area contributed by atoms with Crippen LogP contribution in [0.3, 0.4) is 0 Å². The second kappa shape index (κ2) is 14.8. The molecule has 0 N–H and O–H groups in total. The largest absolute Gasteiger partial charge is 0.313 e. The van der Waals surface area contributed by atoms with Crippen LogP contribution in [-0.2, 0) is 6.42 Å². The molecule has 4 nitrogen and oxygen atoms in total. The SMILES string of the molecule is CCCCCCc1ccc(-n2c(C3=CC=C(n4c5ccccc5c5cc(-c6cccc7c8ccccc8n(-c8ccccc8)c67)ccc54)CC3)nc3ccccc32)cc1. The van der Waals surface area contributed by atoms with Crippen molar-refractivity contribution in [3.63, 3.8) is 0 Å². The van der Waals surface area contributed by atoms with Gasteiger partial charge in [0.2, 0.25) is 0 Å². The lowest BCUT2D eigenvalue weighted by Crippen LogP contribution is -2.05. The highest BCUT2D eigenvalue weighted by Gasteiger charge is 2.22. The first-order valence-electron chi connectivity index (χ1n) is 21.3. The van der Waals surface area contributed by atoms with E-state index in [0.29, 0.717) is 0 Å². The molecule has 10 aromatic rings. The van der Waals surface area contributed by atoms with Gasteiger partial charge in [0.05, 0.1) is 33.1 Å². The zero-order valence-electron chi connectivity index (χ0n) is 33.5. The molecule has 7 aromatic carbocycles. The number of fused-ring (bicyclic) bond motifs is 7. The Hall–Kier alpha value is -6.91. The van der Waals surface area contributed by atoms with Crippen molar-refractivity contribution in [3.05, 3.63) is 187 Å². The number of aromatic nitrogens is 4. The summed E-state index contributed by atoms with van der Waals surface area (Å²) in [6.07, 6.45) is 12.7. The van der Waals surface area contributed by atoms with E-state index < -0.39 is 0 Å². The van der Waals surface area contributed by atoms with Crippen LogP contribution in [0.1, 0.15) is 56.8 Å². The number of aryl methyl sites for hydroxylation is 1. The molecule has 0 spiro atoms. The number of benzene rings is 7. The summed E-state index contributed by atoms with van der Waals surface area (Å²) in [5, 5.41) is 5.07. The van der Waals surface area contributed by atoms with Gasteiger partial charge in [0.15, 0.2) is 0 Å². The Labute approximate surface area is 345 Å². The van der Waals surface area contributed by atoms with E-state index in [2.05, 4.69) is 197 Å². The number of unbranched alkanes of at least 4 members (excludes halogenated alkanes) is 3. The number of hydrogen-bond donors (Lipinski definition) is 0. The zero-order valence-corrected chi connectivity index (χ0v) is 33.5. The first-order chi connectivity index (χ1) is 29.2. The minimum atomic E-state index is 0.906. The molecule has 0 aliphatic heterocycles. The van der Waals surface area contributed by atoms with Crippen LogP contribution in [0, 0.1) is 0 Å². The van der Waals surface area contributed by atoms with Crippen LogP contribution in [-0.4, -0.2) is 18.7 Å². The van der Waals surface area contributed by atoms with Crippen molar-refractivity contribution in [2.24, 2.45) is 0 Å². The maximum Gasteiger partial charge on any atom is 0.141 e. The summed E-state index contributed by atoms with van der Waals surface area (Å²) in [6, 6.07) is 60.0. The molecule has 0 amide bonds. The van der Waals surface area contributed by atoms with Gasteiger partial charge in [-0.3, -0.25) is 4.57 Å². The highest BCUT2D eigenvalue weighted by molar-refractivity contribution is 6.16. The topological polar surface area (TPSA) is 27.7 Å². The van der Waals surface area contributed by atoms with Gasteiger partial charge in [-0.15, -0.1) is 0 Å². The molecule has 286 valence electrons. The molecule has 4 heteroatoms. The molecule has 11 rings (SSSR count). The number of rotatable bonds is 10. The van der Waals surface area contributed by atoms with Crippen molar-refractivity contribution < 1.29 is 0 Å². The zero-order chi connectivity index (χ0) is 39.3. The lowest BCUT2D eigenvalue weighted by molar-refractivity contribution is 0.667. The van der Waals surface area contributed by atoms with Gasteiger partial charge in [-0.2, -0.15) is 0 Å². The minimum absolute atomic E-state index is 0.906. The highest BCUT2D eigenvalue weighted by Crippen LogP contribution is 2.42. The van der Waals surface area contributed by atoms with Gasteiger partial charge in [-0.25, -0.2) is 4.98 Å². The summed E-state index contributed by atoms with van der Waals surface area (Å²) < 4.78 is 7.29. The molecule has 0 radical (unpaired) electrons. The molecule has 0 saturated carbocycles. The summed E-state index contributed by atoms with van der Waals surface area (Å²) in [4.78, 5) is 5.25. The molecule has 59 heavy (non-hydrogen) atoms. The predicted octanol–water partition coefficient (Wildman–Crippen LogP) is 14.7. The standard InChI is InChI=1S/C55H46N4/c1-2-3-4-6-16-38-27-32-43(33-28-38)59-53-26-14-11-23-49(53)56-55(59)39-29-34-42(35-30-39)57-50-24-12-10-20-46(50)48-37-40(31-36-52(48)57)44-21-15-22-47-45-19-9-13-25-51(45)58(54(44)47)41-17-7-5-8-18-41/h5,7-15,17-29,31-34,36-37H,2-4,6,16,30,35H2,1H3. The second-order valence-corrected chi connectivity index (χ2v) is 16.1. The van der Waals surface area contributed by atoms with Crippen LogP contribution >= 0.6 is 0 Å². The molecular formula is C55H46N4. The molecule has 3 aromatic heterocycles. The molecule has 0 atom stereocenters. The Balaban J connectivity index is 1.00. The Morgan fingerprint density at radius 1 is 0.492 bits per heavy atom. The van der Waals surface area contributed by atoms with E-state index in [1.807, 2.05) is 0 Å². The van der Waals surface area contributed by atoms with Crippen molar-refractivity contribution in [2.45, 2.75) is 51.9 Å². The van der Waals surface area contributed by atoms with Gasteiger partial charge < -0.3 is 9.13 Å². The average Bonchev–Trinajstić information content (AvgIpc) is 3.96. The third-order valence-corrected chi connectivity index (χ3v) is 12.5. The highest BCUT2D eigenvalue weighted by atomic mass is 15.1. The number of hydrogen-bond acceptors (Lipinski definition) is 1. The maximum atomic E-state index is 5.25. The van der Waals surface area contributed by atoms with Crippen molar-refractivity contribution in [1.82, 2.24) is 18.7 Å². The Bertz CT molecular complexity index is 3240. The van der Waals surface area contributed by atoms with Gasteiger partial charge in [0, 0.05) is 44.2 Å². The second-order valence-electron chi connectivity index (χ2n) is 16.1. The van der Waals surface area contributed by atoms with Crippen LogP contribution in [0.15, 0.2) is 176 Å². The van der Waals surface area contributed by atoms with Gasteiger partial charge >= 0.3 is 0 Å². The van der Waals surface area contributed by atoms with Gasteiger partial charge in [-0.1, -0.05) is 135 Å². The molecule has 0 saturated heterocycles. The lowest BCUT2D eigenvalue weighted by Gasteiger charge is -2.19. The molecule has 1 aliphatic rings. The van der Waals surface area contributed by atoms with Crippen LogP contribution in [0.4, 0.5) is 0 Å². The van der Waals surface area contributed by atoms with Gasteiger partial charge in [0.1, 0.15) is 5.82 Å². The van der Waals surface area contributed by atoms with E-state index in [-0.39, 0.29) is 0 Å². The third kappa shape index (κ3) is 6.01. The number of allylic oxidation sites excluding steroid dienone is 4. The predicted molar refractivity (Wildman–Crippen MR) is 250 cm³/mol. The molecule has 0 unspecified atom stereocenters. The molecule has 0 fully saturated rings. The lowest BCUT2D eigenvalue weighted by atomic mass is 9.99. The van der Waals surface area contributed by atoms with E-state index in [9.17, 15) is 0 Å². The fourth-order valence-electron chi connectivity index (χ4n) is 9.62. The Kier molecular flexibility index (Phi) is 8.84. The van der Waals surface area contributed by atoms with Crippen molar-refractivity contribution >= 4 is 65.9 Å². The first-order valence-corrected chi connectivity index (χ1v) is 21.3. The van der Waals surface area contributed by atoms with Crippen molar-refractivity contribution in [3.8, 4) is 22.5 Å². The van der Waals surface area contributed by atoms with Crippen molar-refractivity contribution in [1.29, 1.82) is 0 Å². The Morgan fingerprint density at radius 2 is 1.17 bits per heavy atom. The summed E-state index contributed by atoms with van der Waals surface area (Å²) in [5.41, 5.74) is 15.9. The molecule has 0 bridgehead atoms. The fourth-order valence-corrected chi connectivity index (χ4v) is 9.62. The minimum Gasteiger partial charge on any atom is -0.313 e. The quantitative estimate of drug-likeness (QED) is 0.128. The average molecular weight is 763 g/mol. The van der Waals surface area contributed by atoms with E-state index in [0.717, 1.165) is 36.1 Å². The molecule has 1 aliphatic carbocycles. The normalized spacial score (nSPS) is 13.2. The Morgan fingerprint density at radius 3 is 1.95 bits per heavy atom. The van der Waals surface area contributed by atoms with E-state index >= 15 is 0 Å².